The van der Waals surface area contributed by atoms with Crippen LogP contribution in [-0.2, 0) is 11.2 Å². The van der Waals surface area contributed by atoms with E-state index in [4.69, 9.17) is 0 Å². The predicted molar refractivity (Wildman–Crippen MR) is 104 cm³/mol. The molecule has 2 aromatic rings. The Morgan fingerprint density at radius 2 is 1.81 bits per heavy atom. The van der Waals surface area contributed by atoms with Crippen molar-refractivity contribution in [3.8, 4) is 0 Å². The number of rotatable bonds is 5. The van der Waals surface area contributed by atoms with Crippen molar-refractivity contribution in [1.82, 2.24) is 5.32 Å². The topological polar surface area (TPSA) is 58.2 Å². The number of carbonyl (C=O) groups is 2. The lowest BCUT2D eigenvalue weighted by molar-refractivity contribution is -0.116. The highest BCUT2D eigenvalue weighted by atomic mass is 16.2. The number of fused-ring (bicyclic) bond motifs is 1. The molecule has 2 N–H and O–H groups in total. The first kappa shape index (κ1) is 18.2. The Hall–Kier alpha value is -2.62. The molecule has 0 saturated heterocycles. The highest BCUT2D eigenvalue weighted by Gasteiger charge is 2.23. The predicted octanol–water partition coefficient (Wildman–Crippen LogP) is 4.27. The second-order valence-electron chi connectivity index (χ2n) is 7.21. The van der Waals surface area contributed by atoms with Crippen LogP contribution in [0.1, 0.15) is 60.5 Å². The highest BCUT2D eigenvalue weighted by molar-refractivity contribution is 6.03. The van der Waals surface area contributed by atoms with Crippen LogP contribution in [0, 0.1) is 0 Å². The average Bonchev–Trinajstić information content (AvgIpc) is 2.62. The molecule has 4 nitrogen and oxygen atoms in total. The van der Waals surface area contributed by atoms with E-state index in [1.54, 1.807) is 12.1 Å². The number of anilines is 1. The molecule has 0 aromatic heterocycles. The van der Waals surface area contributed by atoms with Gasteiger partial charge in [-0.25, -0.2) is 0 Å². The third-order valence-electron chi connectivity index (χ3n) is 4.79. The summed E-state index contributed by atoms with van der Waals surface area (Å²) < 4.78 is 0. The van der Waals surface area contributed by atoms with E-state index in [1.807, 2.05) is 32.0 Å². The lowest BCUT2D eigenvalue weighted by Gasteiger charge is -2.25. The monoisotopic (exact) mass is 350 g/mol. The molecule has 0 saturated carbocycles. The fourth-order valence-electron chi connectivity index (χ4n) is 3.62. The molecule has 2 aromatic carbocycles. The molecule has 0 spiro atoms. The summed E-state index contributed by atoms with van der Waals surface area (Å²) in [6.45, 7) is 3.83. The van der Waals surface area contributed by atoms with Crippen LogP contribution in [0.3, 0.4) is 0 Å². The zero-order chi connectivity index (χ0) is 18.5. The Morgan fingerprint density at radius 3 is 2.62 bits per heavy atom. The third kappa shape index (κ3) is 4.31. The van der Waals surface area contributed by atoms with Gasteiger partial charge in [-0.2, -0.15) is 0 Å². The van der Waals surface area contributed by atoms with Crippen molar-refractivity contribution in [2.45, 2.75) is 51.5 Å². The summed E-state index contributed by atoms with van der Waals surface area (Å²) in [6, 6.07) is 15.6. The minimum Gasteiger partial charge on any atom is -0.350 e. The van der Waals surface area contributed by atoms with Crippen molar-refractivity contribution in [2.75, 3.05) is 5.32 Å². The molecule has 1 aliphatic carbocycles. The number of aryl methyl sites for hydroxylation is 1. The molecule has 2 amide bonds. The van der Waals surface area contributed by atoms with Crippen molar-refractivity contribution in [3.63, 3.8) is 0 Å². The van der Waals surface area contributed by atoms with Crippen molar-refractivity contribution in [1.29, 1.82) is 0 Å². The van der Waals surface area contributed by atoms with Gasteiger partial charge in [0.15, 0.2) is 0 Å². The van der Waals surface area contributed by atoms with Crippen LogP contribution in [0.25, 0.3) is 0 Å². The van der Waals surface area contributed by atoms with E-state index in [0.29, 0.717) is 17.7 Å². The number of nitrogens with one attached hydrogen (secondary N) is 2. The Morgan fingerprint density at radius 1 is 1.08 bits per heavy atom. The SMILES string of the molecule is CC(C)NC(=O)c1ccccc1NC(=O)CC1CCCc2ccccc21. The molecule has 0 radical (unpaired) electrons. The molecular formula is C22H26N2O2. The van der Waals surface area contributed by atoms with E-state index in [-0.39, 0.29) is 23.8 Å². The normalized spacial score (nSPS) is 16.0. The van der Waals surface area contributed by atoms with Crippen molar-refractivity contribution in [2.24, 2.45) is 0 Å². The second kappa shape index (κ2) is 8.17. The number of benzene rings is 2. The zero-order valence-corrected chi connectivity index (χ0v) is 15.4. The number of para-hydroxylation sites is 1. The molecule has 0 heterocycles. The van der Waals surface area contributed by atoms with E-state index < -0.39 is 0 Å². The Labute approximate surface area is 155 Å². The maximum Gasteiger partial charge on any atom is 0.253 e. The van der Waals surface area contributed by atoms with Crippen LogP contribution in [0.15, 0.2) is 48.5 Å². The van der Waals surface area contributed by atoms with Crippen molar-refractivity contribution >= 4 is 17.5 Å². The molecule has 1 unspecified atom stereocenters. The highest BCUT2D eigenvalue weighted by Crippen LogP contribution is 2.34. The summed E-state index contributed by atoms with van der Waals surface area (Å²) in [4.78, 5) is 25.0. The molecular weight excluding hydrogens is 324 g/mol. The second-order valence-corrected chi connectivity index (χ2v) is 7.21. The summed E-state index contributed by atoms with van der Waals surface area (Å²) in [5.41, 5.74) is 3.71. The van der Waals surface area contributed by atoms with E-state index in [1.165, 1.54) is 11.1 Å². The molecule has 3 rings (SSSR count). The summed E-state index contributed by atoms with van der Waals surface area (Å²) >= 11 is 0. The van der Waals surface area contributed by atoms with Gasteiger partial charge in [0.25, 0.3) is 5.91 Å². The minimum atomic E-state index is -0.168. The number of amides is 2. The number of carbonyl (C=O) groups excluding carboxylic acids is 2. The largest absolute Gasteiger partial charge is 0.350 e. The first-order valence-electron chi connectivity index (χ1n) is 9.32. The molecule has 26 heavy (non-hydrogen) atoms. The van der Waals surface area contributed by atoms with Crippen LogP contribution in [0.5, 0.6) is 0 Å². The van der Waals surface area contributed by atoms with E-state index in [2.05, 4.69) is 28.8 Å². The van der Waals surface area contributed by atoms with Gasteiger partial charge in [0.1, 0.15) is 0 Å². The Balaban J connectivity index is 1.71. The number of hydrogen-bond acceptors (Lipinski definition) is 2. The quantitative estimate of drug-likeness (QED) is 0.846. The summed E-state index contributed by atoms with van der Waals surface area (Å²) in [6.07, 6.45) is 3.67. The lowest BCUT2D eigenvalue weighted by Crippen LogP contribution is -2.31. The maximum atomic E-state index is 12.6. The molecule has 1 aliphatic rings. The van der Waals surface area contributed by atoms with Gasteiger partial charge in [0.2, 0.25) is 5.91 Å². The van der Waals surface area contributed by atoms with Gasteiger partial charge in [0.05, 0.1) is 11.3 Å². The first-order valence-corrected chi connectivity index (χ1v) is 9.32. The zero-order valence-electron chi connectivity index (χ0n) is 15.4. The number of hydrogen-bond donors (Lipinski definition) is 2. The molecule has 4 heteroatoms. The van der Waals surface area contributed by atoms with Gasteiger partial charge in [-0.1, -0.05) is 36.4 Å². The van der Waals surface area contributed by atoms with Crippen molar-refractivity contribution in [3.05, 3.63) is 65.2 Å². The van der Waals surface area contributed by atoms with Gasteiger partial charge in [-0.3, -0.25) is 9.59 Å². The summed E-state index contributed by atoms with van der Waals surface area (Å²) in [5.74, 6) is 0.0343. The maximum absolute atomic E-state index is 12.6. The van der Waals surface area contributed by atoms with Crippen LogP contribution in [0.2, 0.25) is 0 Å². The van der Waals surface area contributed by atoms with Gasteiger partial charge in [0, 0.05) is 12.5 Å². The lowest BCUT2D eigenvalue weighted by atomic mass is 9.81. The molecule has 136 valence electrons. The van der Waals surface area contributed by atoms with Crippen LogP contribution < -0.4 is 10.6 Å². The van der Waals surface area contributed by atoms with Gasteiger partial charge >= 0.3 is 0 Å². The standard InChI is InChI=1S/C22H26N2O2/c1-15(2)23-22(26)19-12-5-6-13-20(19)24-21(25)14-17-10-7-9-16-8-3-4-11-18(16)17/h3-6,8,11-13,15,17H,7,9-10,14H2,1-2H3,(H,23,26)(H,24,25). The average molecular weight is 350 g/mol. The van der Waals surface area contributed by atoms with E-state index in [0.717, 1.165) is 19.3 Å². The third-order valence-corrected chi connectivity index (χ3v) is 4.79. The minimum absolute atomic E-state index is 0.0449. The van der Waals surface area contributed by atoms with Crippen molar-refractivity contribution < 1.29 is 9.59 Å². The Kier molecular flexibility index (Phi) is 5.71. The van der Waals surface area contributed by atoms with Crippen LogP contribution >= 0.6 is 0 Å². The fraction of sp³-hybridized carbons (Fsp3) is 0.364. The Bertz CT molecular complexity index is 798. The molecule has 0 bridgehead atoms. The van der Waals surface area contributed by atoms with Crippen LogP contribution in [-0.4, -0.2) is 17.9 Å². The first-order chi connectivity index (χ1) is 12.5. The van der Waals surface area contributed by atoms with E-state index >= 15 is 0 Å². The van der Waals surface area contributed by atoms with Crippen LogP contribution in [0.4, 0.5) is 5.69 Å². The summed E-state index contributed by atoms with van der Waals surface area (Å²) in [5, 5.41) is 5.82. The van der Waals surface area contributed by atoms with Gasteiger partial charge < -0.3 is 10.6 Å². The van der Waals surface area contributed by atoms with E-state index in [9.17, 15) is 9.59 Å². The fourth-order valence-corrected chi connectivity index (χ4v) is 3.62. The van der Waals surface area contributed by atoms with Gasteiger partial charge in [-0.05, 0) is 62.3 Å². The molecule has 0 aliphatic heterocycles. The van der Waals surface area contributed by atoms with Gasteiger partial charge in [-0.15, -0.1) is 0 Å². The smallest absolute Gasteiger partial charge is 0.253 e. The summed E-state index contributed by atoms with van der Waals surface area (Å²) in [7, 11) is 0. The molecule has 1 atom stereocenters. The molecule has 0 fully saturated rings.